The van der Waals surface area contributed by atoms with Gasteiger partial charge in [0.15, 0.2) is 5.78 Å². The first-order valence-corrected chi connectivity index (χ1v) is 10.9. The van der Waals surface area contributed by atoms with E-state index in [4.69, 9.17) is 5.26 Å². The quantitative estimate of drug-likeness (QED) is 0.598. The van der Waals surface area contributed by atoms with E-state index >= 15 is 0 Å². The van der Waals surface area contributed by atoms with Gasteiger partial charge in [0.05, 0.1) is 23.2 Å². The minimum Gasteiger partial charge on any atom is -0.850 e. The molecule has 36 heavy (non-hydrogen) atoms. The summed E-state index contributed by atoms with van der Waals surface area (Å²) in [7, 11) is 0. The standard InChI is InChI=1S/C21H15F3N4O2.C4H9O.K/c22-21(23,24)14-8-9-26-17(10-14)28-15-2-1-3-16(29)18(15)19(27-20(28)30)13-6-4-12(11-25)5-7-13;1-4(2,3)5;/h4-10,19H,1-3H2,(H,27,30);1-3H3;/q;-1;+1. The molecule has 7 nitrogen and oxygen atoms in total. The van der Waals surface area contributed by atoms with Gasteiger partial charge in [-0.05, 0) is 42.7 Å². The van der Waals surface area contributed by atoms with Gasteiger partial charge in [-0.1, -0.05) is 32.9 Å². The number of hydrogen-bond acceptors (Lipinski definition) is 5. The van der Waals surface area contributed by atoms with E-state index in [1.165, 1.54) is 0 Å². The number of halogens is 3. The Bertz CT molecular complexity index is 1190. The van der Waals surface area contributed by atoms with Gasteiger partial charge < -0.3 is 10.4 Å². The van der Waals surface area contributed by atoms with Crippen LogP contribution >= 0.6 is 0 Å². The van der Waals surface area contributed by atoms with Gasteiger partial charge >= 0.3 is 63.6 Å². The number of pyridine rings is 1. The topological polar surface area (TPSA) is 109 Å². The Morgan fingerprint density at radius 1 is 1.11 bits per heavy atom. The van der Waals surface area contributed by atoms with Crippen LogP contribution in [0.25, 0.3) is 0 Å². The number of aromatic nitrogens is 1. The second-order valence-electron chi connectivity index (χ2n) is 9.10. The molecule has 0 bridgehead atoms. The summed E-state index contributed by atoms with van der Waals surface area (Å²) in [6.07, 6.45) is -2.47. The Labute approximate surface area is 249 Å². The second kappa shape index (κ2) is 12.0. The molecule has 0 saturated carbocycles. The molecular weight excluding hydrogens is 500 g/mol. The zero-order chi connectivity index (χ0) is 26.0. The average molecular weight is 525 g/mol. The second-order valence-corrected chi connectivity index (χ2v) is 9.10. The molecule has 11 heteroatoms. The number of nitrogens with one attached hydrogen (secondary N) is 1. The molecule has 184 valence electrons. The number of nitriles is 1. The van der Waals surface area contributed by atoms with E-state index in [1.807, 2.05) is 6.07 Å². The molecule has 2 aromatic rings. The fourth-order valence-corrected chi connectivity index (χ4v) is 3.75. The number of benzene rings is 1. The van der Waals surface area contributed by atoms with Crippen LogP contribution in [0.1, 0.15) is 62.8 Å². The summed E-state index contributed by atoms with van der Waals surface area (Å²) in [5.41, 5.74) is 0.0568. The average Bonchev–Trinajstić information content (AvgIpc) is 2.77. The molecular formula is C25H24F3KN4O3. The SMILES string of the molecule is CC(C)(C)[O-].N#Cc1ccc(C2NC(=O)N(c3cc(C(F)(F)F)ccn3)C3=C2C(=O)CCC3)cc1.[K+]. The van der Waals surface area contributed by atoms with E-state index in [1.54, 1.807) is 45.0 Å². The summed E-state index contributed by atoms with van der Waals surface area (Å²) in [5.74, 6) is -0.370. The Morgan fingerprint density at radius 3 is 2.28 bits per heavy atom. The van der Waals surface area contributed by atoms with Crippen molar-refractivity contribution in [2.45, 2.75) is 57.9 Å². The van der Waals surface area contributed by atoms with Crippen molar-refractivity contribution >= 4 is 17.6 Å². The molecule has 1 N–H and O–H groups in total. The molecule has 2 heterocycles. The first-order valence-electron chi connectivity index (χ1n) is 10.9. The Hall–Kier alpha value is -2.07. The van der Waals surface area contributed by atoms with Crippen molar-refractivity contribution in [3.05, 3.63) is 70.6 Å². The van der Waals surface area contributed by atoms with Crippen molar-refractivity contribution in [3.8, 4) is 6.07 Å². The van der Waals surface area contributed by atoms with Gasteiger partial charge in [-0.25, -0.2) is 14.7 Å². The van der Waals surface area contributed by atoms with Crippen LogP contribution in [0.3, 0.4) is 0 Å². The van der Waals surface area contributed by atoms with Gasteiger partial charge in [0.1, 0.15) is 5.82 Å². The summed E-state index contributed by atoms with van der Waals surface area (Å²) in [4.78, 5) is 30.7. The number of hydrogen-bond donors (Lipinski definition) is 1. The first kappa shape index (κ1) is 30.2. The number of amides is 2. The maximum Gasteiger partial charge on any atom is 1.00 e. The van der Waals surface area contributed by atoms with Crippen molar-refractivity contribution in [3.63, 3.8) is 0 Å². The zero-order valence-corrected chi connectivity index (χ0v) is 23.6. The molecule has 1 unspecified atom stereocenters. The summed E-state index contributed by atoms with van der Waals surface area (Å²) in [6.45, 7) is 4.90. The molecule has 1 aliphatic heterocycles. The number of rotatable bonds is 2. The maximum absolute atomic E-state index is 13.1. The molecule has 0 fully saturated rings. The third kappa shape index (κ3) is 7.47. The maximum atomic E-state index is 13.1. The molecule has 0 radical (unpaired) electrons. The molecule has 1 aromatic heterocycles. The number of alkyl halides is 3. The van der Waals surface area contributed by atoms with Gasteiger partial charge in [-0.15, -0.1) is 5.60 Å². The fraction of sp³-hybridized carbons (Fsp3) is 0.360. The number of nitrogens with zero attached hydrogens (tertiary/aromatic N) is 3. The van der Waals surface area contributed by atoms with Crippen LogP contribution < -0.4 is 66.7 Å². The van der Waals surface area contributed by atoms with Crippen LogP contribution in [0.5, 0.6) is 0 Å². The zero-order valence-electron chi connectivity index (χ0n) is 20.4. The number of Topliss-reactive ketones (excluding diaryl/α,β-unsaturated/α-hetero) is 1. The van der Waals surface area contributed by atoms with Crippen LogP contribution in [-0.4, -0.2) is 22.4 Å². The van der Waals surface area contributed by atoms with Crippen LogP contribution in [0.2, 0.25) is 0 Å². The number of carbonyl (C=O) groups excluding carboxylic acids is 2. The number of ketones is 1. The molecule has 1 aromatic carbocycles. The number of carbonyl (C=O) groups is 2. The van der Waals surface area contributed by atoms with Crippen LogP contribution in [0.15, 0.2) is 53.9 Å². The van der Waals surface area contributed by atoms with Crippen LogP contribution in [-0.2, 0) is 11.0 Å². The van der Waals surface area contributed by atoms with Crippen molar-refractivity contribution < 1.29 is 79.3 Å². The minimum atomic E-state index is -4.59. The van der Waals surface area contributed by atoms with E-state index in [0.717, 1.165) is 23.2 Å². The molecule has 2 aliphatic rings. The summed E-state index contributed by atoms with van der Waals surface area (Å²) < 4.78 is 39.4. The third-order valence-corrected chi connectivity index (χ3v) is 5.13. The summed E-state index contributed by atoms with van der Waals surface area (Å²) in [6, 6.07) is 8.67. The first-order chi connectivity index (χ1) is 16.3. The van der Waals surface area contributed by atoms with Gasteiger partial charge in [-0.2, -0.15) is 18.4 Å². The van der Waals surface area contributed by atoms with Crippen LogP contribution in [0, 0.1) is 11.3 Å². The predicted octanol–water partition coefficient (Wildman–Crippen LogP) is 1.40. The van der Waals surface area contributed by atoms with E-state index in [-0.39, 0.29) is 69.4 Å². The smallest absolute Gasteiger partial charge is 0.850 e. The number of anilines is 1. The van der Waals surface area contributed by atoms with Crippen molar-refractivity contribution in [2.75, 3.05) is 4.90 Å². The predicted molar refractivity (Wildman–Crippen MR) is 120 cm³/mol. The van der Waals surface area contributed by atoms with Crippen molar-refractivity contribution in [1.82, 2.24) is 10.3 Å². The summed E-state index contributed by atoms with van der Waals surface area (Å²) >= 11 is 0. The number of allylic oxidation sites excluding steroid dienone is 1. The van der Waals surface area contributed by atoms with E-state index in [2.05, 4.69) is 10.3 Å². The molecule has 4 rings (SSSR count). The Balaban J connectivity index is 0.000000694. The fourth-order valence-electron chi connectivity index (χ4n) is 3.75. The van der Waals surface area contributed by atoms with Crippen LogP contribution in [0.4, 0.5) is 23.8 Å². The molecule has 0 saturated heterocycles. The van der Waals surface area contributed by atoms with E-state index in [0.29, 0.717) is 35.2 Å². The van der Waals surface area contributed by atoms with E-state index < -0.39 is 29.4 Å². The molecule has 0 spiro atoms. The van der Waals surface area contributed by atoms with E-state index in [9.17, 15) is 27.9 Å². The van der Waals surface area contributed by atoms with Gasteiger partial charge in [0.2, 0.25) is 0 Å². The third-order valence-electron chi connectivity index (χ3n) is 5.13. The van der Waals surface area contributed by atoms with Crippen molar-refractivity contribution in [1.29, 1.82) is 5.26 Å². The van der Waals surface area contributed by atoms with Gasteiger partial charge in [0, 0.05) is 23.9 Å². The molecule has 1 atom stereocenters. The normalized spacial score (nSPS) is 17.7. The summed E-state index contributed by atoms with van der Waals surface area (Å²) in [5, 5.41) is 21.8. The largest absolute Gasteiger partial charge is 1.00 e. The van der Waals surface area contributed by atoms with Gasteiger partial charge in [-0.3, -0.25) is 4.79 Å². The Morgan fingerprint density at radius 2 is 1.72 bits per heavy atom. The van der Waals surface area contributed by atoms with Crippen molar-refractivity contribution in [2.24, 2.45) is 0 Å². The number of urea groups is 1. The molecule has 1 aliphatic carbocycles. The molecule has 2 amide bonds. The Kier molecular flexibility index (Phi) is 10.0. The minimum absolute atomic E-state index is 0. The monoisotopic (exact) mass is 524 g/mol. The van der Waals surface area contributed by atoms with Gasteiger partial charge in [0.25, 0.3) is 0 Å².